The van der Waals surface area contributed by atoms with E-state index in [0.29, 0.717) is 44.5 Å². The third-order valence-electron chi connectivity index (χ3n) is 6.38. The minimum Gasteiger partial charge on any atom is -0.495 e. The van der Waals surface area contributed by atoms with Crippen LogP contribution in [0, 0.1) is 5.82 Å². The largest absolute Gasteiger partial charge is 0.495 e. The molecule has 0 saturated carbocycles. The van der Waals surface area contributed by atoms with Gasteiger partial charge in [0.1, 0.15) is 23.5 Å². The molecular weight excluding hydrogens is 559 g/mol. The van der Waals surface area contributed by atoms with E-state index in [1.54, 1.807) is 37.6 Å². The SMILES string of the molecule is COc1cnc2c(-c3nc4cc(F)c5c(c4s3)C[C@H](COC(=O)Nc3cccc(C(N)=O)c3)O5)cc(Cl)cc2c1. The number of nitrogens with one attached hydrogen (secondary N) is 1. The number of aromatic nitrogens is 2. The number of amides is 2. The molecule has 2 aromatic heterocycles. The fraction of sp³-hybridized carbons (Fsp3) is 0.143. The first-order chi connectivity index (χ1) is 19.3. The van der Waals surface area contributed by atoms with Gasteiger partial charge in [0.25, 0.3) is 0 Å². The van der Waals surface area contributed by atoms with Crippen LogP contribution in [0.2, 0.25) is 5.02 Å². The number of nitrogens with two attached hydrogens (primary N) is 1. The number of halogens is 2. The van der Waals surface area contributed by atoms with Crippen molar-refractivity contribution in [2.24, 2.45) is 5.73 Å². The number of carbonyl (C=O) groups excluding carboxylic acids is 2. The zero-order valence-electron chi connectivity index (χ0n) is 20.9. The number of benzene rings is 3. The van der Waals surface area contributed by atoms with Crippen molar-refractivity contribution in [1.82, 2.24) is 9.97 Å². The summed E-state index contributed by atoms with van der Waals surface area (Å²) in [5.41, 5.74) is 8.42. The van der Waals surface area contributed by atoms with Gasteiger partial charge < -0.3 is 19.9 Å². The Morgan fingerprint density at radius 3 is 2.90 bits per heavy atom. The second-order valence-corrected chi connectivity index (χ2v) is 10.5. The third-order valence-corrected chi connectivity index (χ3v) is 7.76. The summed E-state index contributed by atoms with van der Waals surface area (Å²) < 4.78 is 32.2. The summed E-state index contributed by atoms with van der Waals surface area (Å²) in [4.78, 5) is 32.9. The zero-order valence-corrected chi connectivity index (χ0v) is 22.4. The highest BCUT2D eigenvalue weighted by Gasteiger charge is 2.31. The monoisotopic (exact) mass is 578 g/mol. The fourth-order valence-corrected chi connectivity index (χ4v) is 5.91. The number of carbonyl (C=O) groups is 2. The molecule has 40 heavy (non-hydrogen) atoms. The lowest BCUT2D eigenvalue weighted by atomic mass is 10.1. The van der Waals surface area contributed by atoms with Crippen LogP contribution in [0.4, 0.5) is 14.9 Å². The first kappa shape index (κ1) is 25.8. The van der Waals surface area contributed by atoms with Crippen LogP contribution in [-0.4, -0.2) is 41.8 Å². The van der Waals surface area contributed by atoms with Crippen LogP contribution < -0.4 is 20.5 Å². The summed E-state index contributed by atoms with van der Waals surface area (Å²) in [6.45, 7) is -0.118. The number of methoxy groups -OCH3 is 1. The molecule has 0 aliphatic carbocycles. The number of hydrogen-bond donors (Lipinski definition) is 2. The number of hydrogen-bond acceptors (Lipinski definition) is 8. The Kier molecular flexibility index (Phi) is 6.60. The van der Waals surface area contributed by atoms with Gasteiger partial charge in [-0.15, -0.1) is 11.3 Å². The van der Waals surface area contributed by atoms with Crippen LogP contribution in [0.1, 0.15) is 15.9 Å². The van der Waals surface area contributed by atoms with Gasteiger partial charge in [0, 0.05) is 45.3 Å². The molecule has 1 aliphatic heterocycles. The summed E-state index contributed by atoms with van der Waals surface area (Å²) in [7, 11) is 1.56. The first-order valence-electron chi connectivity index (χ1n) is 12.0. The lowest BCUT2D eigenvalue weighted by molar-refractivity contribution is 0.0994. The molecule has 0 radical (unpaired) electrons. The van der Waals surface area contributed by atoms with Gasteiger partial charge in [-0.3, -0.25) is 15.1 Å². The van der Waals surface area contributed by atoms with Gasteiger partial charge >= 0.3 is 6.09 Å². The summed E-state index contributed by atoms with van der Waals surface area (Å²) in [5.74, 6) is -0.449. The maximum Gasteiger partial charge on any atom is 0.411 e. The molecule has 3 heterocycles. The van der Waals surface area contributed by atoms with E-state index < -0.39 is 23.9 Å². The standard InChI is InChI=1S/C28H20ClFN4O5S/c1-37-17-7-14-5-15(29)8-19(23(14)32-11-17)27-34-22-10-21(30)24-20(25(22)40-27)9-18(39-24)12-38-28(36)33-16-4-2-3-13(6-16)26(31)35/h2-8,10-11,18H,9,12H2,1H3,(H2,31,35)(H,33,36)/t18-/m1/s1. The van der Waals surface area contributed by atoms with Crippen molar-refractivity contribution in [3.63, 3.8) is 0 Å². The second kappa shape index (κ2) is 10.2. The maximum absolute atomic E-state index is 15.0. The minimum absolute atomic E-state index is 0.115. The Bertz CT molecular complexity index is 1830. The summed E-state index contributed by atoms with van der Waals surface area (Å²) in [5, 5.41) is 4.47. The summed E-state index contributed by atoms with van der Waals surface area (Å²) >= 11 is 7.78. The normalized spacial score (nSPS) is 14.1. The average molecular weight is 579 g/mol. The van der Waals surface area contributed by atoms with Crippen LogP contribution in [0.15, 0.2) is 54.7 Å². The molecule has 0 unspecified atom stereocenters. The van der Waals surface area contributed by atoms with E-state index >= 15 is 4.39 Å². The van der Waals surface area contributed by atoms with Gasteiger partial charge in [0.2, 0.25) is 5.91 Å². The molecule has 12 heteroatoms. The molecule has 3 N–H and O–H groups in total. The first-order valence-corrected chi connectivity index (χ1v) is 13.2. The molecule has 2 amide bonds. The topological polar surface area (TPSA) is 126 Å². The van der Waals surface area contributed by atoms with E-state index in [-0.39, 0.29) is 17.9 Å². The van der Waals surface area contributed by atoms with Crippen molar-refractivity contribution in [1.29, 1.82) is 0 Å². The molecule has 0 fully saturated rings. The lowest BCUT2D eigenvalue weighted by Crippen LogP contribution is -2.25. The number of anilines is 1. The number of rotatable bonds is 6. The quantitative estimate of drug-likeness (QED) is 0.254. The molecule has 1 atom stereocenters. The molecule has 5 aromatic rings. The van der Waals surface area contributed by atoms with E-state index in [1.807, 2.05) is 6.07 Å². The number of pyridine rings is 1. The predicted octanol–water partition coefficient (Wildman–Crippen LogP) is 5.96. The van der Waals surface area contributed by atoms with Gasteiger partial charge in [0.15, 0.2) is 11.6 Å². The van der Waals surface area contributed by atoms with E-state index in [1.165, 1.54) is 29.5 Å². The molecule has 202 valence electrons. The average Bonchev–Trinajstić information content (AvgIpc) is 3.56. The highest BCUT2D eigenvalue weighted by molar-refractivity contribution is 7.22. The molecule has 0 saturated heterocycles. The zero-order chi connectivity index (χ0) is 28.0. The number of ether oxygens (including phenoxy) is 3. The molecule has 1 aliphatic rings. The number of nitrogens with zero attached hydrogens (tertiary/aromatic N) is 2. The smallest absolute Gasteiger partial charge is 0.411 e. The Balaban J connectivity index is 1.23. The highest BCUT2D eigenvalue weighted by Crippen LogP contribution is 2.43. The number of primary amides is 1. The van der Waals surface area contributed by atoms with Crippen molar-refractivity contribution >= 4 is 61.7 Å². The maximum atomic E-state index is 15.0. The predicted molar refractivity (Wildman–Crippen MR) is 150 cm³/mol. The van der Waals surface area contributed by atoms with Crippen LogP contribution in [0.25, 0.3) is 31.7 Å². The molecule has 0 bridgehead atoms. The van der Waals surface area contributed by atoms with Gasteiger partial charge in [-0.2, -0.15) is 0 Å². The van der Waals surface area contributed by atoms with Crippen molar-refractivity contribution in [2.45, 2.75) is 12.5 Å². The fourth-order valence-electron chi connectivity index (χ4n) is 4.58. The summed E-state index contributed by atoms with van der Waals surface area (Å²) in [6, 6.07) is 12.9. The van der Waals surface area contributed by atoms with E-state index in [2.05, 4.69) is 15.3 Å². The van der Waals surface area contributed by atoms with E-state index in [0.717, 1.165) is 15.6 Å². The van der Waals surface area contributed by atoms with Crippen LogP contribution in [0.5, 0.6) is 11.5 Å². The Morgan fingerprint density at radius 1 is 1.25 bits per heavy atom. The van der Waals surface area contributed by atoms with Gasteiger partial charge in [-0.25, -0.2) is 14.2 Å². The minimum atomic E-state index is -0.746. The Morgan fingerprint density at radius 2 is 2.10 bits per heavy atom. The molecule has 6 rings (SSSR count). The third kappa shape index (κ3) is 4.85. The van der Waals surface area contributed by atoms with E-state index in [9.17, 15) is 9.59 Å². The van der Waals surface area contributed by atoms with Gasteiger partial charge in [-0.1, -0.05) is 17.7 Å². The van der Waals surface area contributed by atoms with Crippen LogP contribution >= 0.6 is 22.9 Å². The van der Waals surface area contributed by atoms with E-state index in [4.69, 9.17) is 31.5 Å². The highest BCUT2D eigenvalue weighted by atomic mass is 35.5. The van der Waals surface area contributed by atoms with Crippen molar-refractivity contribution in [3.05, 3.63) is 76.7 Å². The molecule has 0 spiro atoms. The van der Waals surface area contributed by atoms with Crippen LogP contribution in [-0.2, 0) is 11.2 Å². The van der Waals surface area contributed by atoms with Gasteiger partial charge in [-0.05, 0) is 36.4 Å². The molecule has 3 aromatic carbocycles. The lowest BCUT2D eigenvalue weighted by Gasteiger charge is -2.12. The number of fused-ring (bicyclic) bond motifs is 4. The summed E-state index contributed by atoms with van der Waals surface area (Å²) in [6.07, 6.45) is 0.600. The molecular formula is C28H20ClFN4O5S. The Hall–Kier alpha value is -4.48. The Labute approximate surface area is 235 Å². The van der Waals surface area contributed by atoms with Crippen molar-refractivity contribution in [3.8, 4) is 22.1 Å². The van der Waals surface area contributed by atoms with Crippen LogP contribution in [0.3, 0.4) is 0 Å². The van der Waals surface area contributed by atoms with Gasteiger partial charge in [0.05, 0.1) is 29.0 Å². The van der Waals surface area contributed by atoms with Crippen molar-refractivity contribution < 1.29 is 28.2 Å². The number of thiazole rings is 1. The second-order valence-electron chi connectivity index (χ2n) is 9.05. The van der Waals surface area contributed by atoms with Crippen molar-refractivity contribution in [2.75, 3.05) is 19.0 Å². The molecule has 9 nitrogen and oxygen atoms in total.